The smallest absolute Gasteiger partial charge is 0.0781 e. The van der Waals surface area contributed by atoms with Gasteiger partial charge in [0.15, 0.2) is 0 Å². The third kappa shape index (κ3) is 18.2. The molecular weight excluding hydrogens is 300 g/mol. The Hall–Kier alpha value is -0.120. The van der Waals surface area contributed by atoms with Gasteiger partial charge < -0.3 is 14.2 Å². The molecule has 0 radical (unpaired) electrons. The van der Waals surface area contributed by atoms with Crippen molar-refractivity contribution in [2.24, 2.45) is 0 Å². The zero-order chi connectivity index (χ0) is 17.9. The van der Waals surface area contributed by atoms with E-state index in [9.17, 15) is 0 Å². The second kappa shape index (κ2) is 19.2. The van der Waals surface area contributed by atoms with Crippen LogP contribution in [0.5, 0.6) is 0 Å². The third-order valence-corrected chi connectivity index (χ3v) is 4.22. The first-order chi connectivity index (χ1) is 11.7. The molecule has 0 bridgehead atoms. The van der Waals surface area contributed by atoms with Crippen LogP contribution in [0, 0.1) is 0 Å². The Kier molecular flexibility index (Phi) is 19.1. The molecule has 3 heteroatoms. The molecule has 0 aliphatic heterocycles. The molecule has 0 aliphatic rings. The molecule has 0 saturated carbocycles. The Bertz CT molecular complexity index is 233. The molecule has 0 fully saturated rings. The highest BCUT2D eigenvalue weighted by Crippen LogP contribution is 2.10. The normalized spacial score (nSPS) is 14.0. The van der Waals surface area contributed by atoms with Gasteiger partial charge in [-0.3, -0.25) is 0 Å². The standard InChI is InChI=1S/C21H44O3/c1-5-7-8-9-10-11-12-13-14-15-17-22-18-20(3)24-19-21(4)23-16-6-2/h20-21H,5-19H2,1-4H3. The van der Waals surface area contributed by atoms with Gasteiger partial charge in [-0.15, -0.1) is 0 Å². The summed E-state index contributed by atoms with van der Waals surface area (Å²) in [4.78, 5) is 0. The lowest BCUT2D eigenvalue weighted by Gasteiger charge is -2.17. The van der Waals surface area contributed by atoms with E-state index in [-0.39, 0.29) is 12.2 Å². The van der Waals surface area contributed by atoms with Crippen molar-refractivity contribution in [3.63, 3.8) is 0 Å². The van der Waals surface area contributed by atoms with Crippen molar-refractivity contribution in [3.8, 4) is 0 Å². The van der Waals surface area contributed by atoms with Crippen LogP contribution in [0.1, 0.15) is 98.3 Å². The van der Waals surface area contributed by atoms with E-state index in [4.69, 9.17) is 14.2 Å². The fourth-order valence-corrected chi connectivity index (χ4v) is 2.66. The van der Waals surface area contributed by atoms with E-state index in [1.807, 2.05) is 0 Å². The fourth-order valence-electron chi connectivity index (χ4n) is 2.66. The SMILES string of the molecule is CCCCCCCCCCCCOCC(C)OCC(C)OCCC. The number of unbranched alkanes of at least 4 members (excludes halogenated alkanes) is 9. The molecule has 0 heterocycles. The lowest BCUT2D eigenvalue weighted by Crippen LogP contribution is -2.23. The fraction of sp³-hybridized carbons (Fsp3) is 1.00. The molecule has 0 aromatic heterocycles. The van der Waals surface area contributed by atoms with Gasteiger partial charge in [0.25, 0.3) is 0 Å². The maximum Gasteiger partial charge on any atom is 0.0781 e. The van der Waals surface area contributed by atoms with E-state index < -0.39 is 0 Å². The molecule has 0 spiro atoms. The first kappa shape index (κ1) is 23.9. The Labute approximate surface area is 151 Å². The van der Waals surface area contributed by atoms with E-state index in [0.717, 1.165) is 19.6 Å². The summed E-state index contributed by atoms with van der Waals surface area (Å²) in [6.07, 6.45) is 15.0. The predicted molar refractivity (Wildman–Crippen MR) is 104 cm³/mol. The highest BCUT2D eigenvalue weighted by Gasteiger charge is 2.06. The summed E-state index contributed by atoms with van der Waals surface area (Å²) in [6.45, 7) is 11.6. The monoisotopic (exact) mass is 344 g/mol. The molecule has 2 atom stereocenters. The first-order valence-electron chi connectivity index (χ1n) is 10.5. The van der Waals surface area contributed by atoms with Gasteiger partial charge in [0, 0.05) is 13.2 Å². The molecule has 0 aliphatic carbocycles. The van der Waals surface area contributed by atoms with E-state index in [0.29, 0.717) is 13.2 Å². The van der Waals surface area contributed by atoms with Crippen LogP contribution in [0.15, 0.2) is 0 Å². The molecular formula is C21H44O3. The predicted octanol–water partition coefficient (Wildman–Crippen LogP) is 6.14. The third-order valence-electron chi connectivity index (χ3n) is 4.22. The quantitative estimate of drug-likeness (QED) is 0.263. The molecule has 0 rings (SSSR count). The van der Waals surface area contributed by atoms with Crippen molar-refractivity contribution in [1.82, 2.24) is 0 Å². The maximum absolute atomic E-state index is 5.75. The molecule has 24 heavy (non-hydrogen) atoms. The zero-order valence-electron chi connectivity index (χ0n) is 17.0. The molecule has 0 aromatic rings. The lowest BCUT2D eigenvalue weighted by atomic mass is 10.1. The van der Waals surface area contributed by atoms with Gasteiger partial charge in [0.2, 0.25) is 0 Å². The van der Waals surface area contributed by atoms with Crippen molar-refractivity contribution in [2.45, 2.75) is 111 Å². The van der Waals surface area contributed by atoms with Crippen molar-refractivity contribution < 1.29 is 14.2 Å². The summed E-state index contributed by atoms with van der Waals surface area (Å²) < 4.78 is 17.1. The number of hydrogen-bond acceptors (Lipinski definition) is 3. The van der Waals surface area contributed by atoms with E-state index in [1.165, 1.54) is 64.2 Å². The minimum atomic E-state index is 0.154. The maximum atomic E-state index is 5.75. The molecule has 0 saturated heterocycles. The van der Waals surface area contributed by atoms with Gasteiger partial charge >= 0.3 is 0 Å². The summed E-state index contributed by atoms with van der Waals surface area (Å²) in [6, 6.07) is 0. The Morgan fingerprint density at radius 3 is 1.67 bits per heavy atom. The summed E-state index contributed by atoms with van der Waals surface area (Å²) in [5, 5.41) is 0. The molecule has 0 amide bonds. The molecule has 0 N–H and O–H groups in total. The van der Waals surface area contributed by atoms with Crippen molar-refractivity contribution >= 4 is 0 Å². The Morgan fingerprint density at radius 1 is 0.542 bits per heavy atom. The van der Waals surface area contributed by atoms with Crippen LogP contribution < -0.4 is 0 Å². The molecule has 146 valence electrons. The first-order valence-corrected chi connectivity index (χ1v) is 10.5. The van der Waals surface area contributed by atoms with Crippen LogP contribution in [-0.2, 0) is 14.2 Å². The summed E-state index contributed by atoms with van der Waals surface area (Å²) in [5.41, 5.74) is 0. The average Bonchev–Trinajstić information content (AvgIpc) is 2.59. The van der Waals surface area contributed by atoms with Crippen molar-refractivity contribution in [2.75, 3.05) is 26.4 Å². The molecule has 2 unspecified atom stereocenters. The van der Waals surface area contributed by atoms with Gasteiger partial charge in [0.05, 0.1) is 25.4 Å². The zero-order valence-corrected chi connectivity index (χ0v) is 17.0. The van der Waals surface area contributed by atoms with E-state index >= 15 is 0 Å². The largest absolute Gasteiger partial charge is 0.379 e. The van der Waals surface area contributed by atoms with Gasteiger partial charge in [-0.05, 0) is 26.7 Å². The highest BCUT2D eigenvalue weighted by molar-refractivity contribution is 4.53. The summed E-state index contributed by atoms with van der Waals surface area (Å²) in [5.74, 6) is 0. The van der Waals surface area contributed by atoms with Gasteiger partial charge in [0.1, 0.15) is 0 Å². The minimum Gasteiger partial charge on any atom is -0.379 e. The van der Waals surface area contributed by atoms with E-state index in [1.54, 1.807) is 0 Å². The van der Waals surface area contributed by atoms with Crippen LogP contribution in [0.4, 0.5) is 0 Å². The lowest BCUT2D eigenvalue weighted by molar-refractivity contribution is -0.0570. The number of hydrogen-bond donors (Lipinski definition) is 0. The highest BCUT2D eigenvalue weighted by atomic mass is 16.6. The summed E-state index contributed by atoms with van der Waals surface area (Å²) in [7, 11) is 0. The van der Waals surface area contributed by atoms with Gasteiger partial charge in [-0.25, -0.2) is 0 Å². The van der Waals surface area contributed by atoms with E-state index in [2.05, 4.69) is 27.7 Å². The van der Waals surface area contributed by atoms with Crippen LogP contribution in [0.3, 0.4) is 0 Å². The molecule has 0 aromatic carbocycles. The van der Waals surface area contributed by atoms with Crippen LogP contribution >= 0.6 is 0 Å². The van der Waals surface area contributed by atoms with Crippen LogP contribution in [-0.4, -0.2) is 38.6 Å². The van der Waals surface area contributed by atoms with Gasteiger partial charge in [-0.2, -0.15) is 0 Å². The van der Waals surface area contributed by atoms with Crippen molar-refractivity contribution in [3.05, 3.63) is 0 Å². The number of ether oxygens (including phenoxy) is 3. The van der Waals surface area contributed by atoms with Crippen LogP contribution in [0.25, 0.3) is 0 Å². The molecule has 3 nitrogen and oxygen atoms in total. The number of rotatable bonds is 19. The second-order valence-electron chi connectivity index (χ2n) is 7.08. The Balaban J connectivity index is 3.20. The summed E-state index contributed by atoms with van der Waals surface area (Å²) >= 11 is 0. The van der Waals surface area contributed by atoms with Crippen LogP contribution in [0.2, 0.25) is 0 Å². The van der Waals surface area contributed by atoms with Crippen molar-refractivity contribution in [1.29, 1.82) is 0 Å². The average molecular weight is 345 g/mol. The Morgan fingerprint density at radius 2 is 1.08 bits per heavy atom. The van der Waals surface area contributed by atoms with Gasteiger partial charge in [-0.1, -0.05) is 71.6 Å². The minimum absolute atomic E-state index is 0.154. The second-order valence-corrected chi connectivity index (χ2v) is 7.08. The topological polar surface area (TPSA) is 27.7 Å².